The molecule has 2 N–H and O–H groups in total. The van der Waals surface area contributed by atoms with Crippen LogP contribution in [0.5, 0.6) is 0 Å². The molecule has 1 aromatic rings. The van der Waals surface area contributed by atoms with E-state index in [2.05, 4.69) is 6.92 Å². The van der Waals surface area contributed by atoms with Crippen LogP contribution < -0.4 is 5.73 Å². The molecule has 0 radical (unpaired) electrons. The Bertz CT molecular complexity index is 750. The van der Waals surface area contributed by atoms with Gasteiger partial charge in [-0.15, -0.1) is 12.4 Å². The lowest BCUT2D eigenvalue weighted by molar-refractivity contribution is 0.0776. The van der Waals surface area contributed by atoms with Gasteiger partial charge in [-0.3, -0.25) is 4.79 Å². The van der Waals surface area contributed by atoms with Gasteiger partial charge in [0.05, 0.1) is 4.90 Å². The van der Waals surface area contributed by atoms with E-state index in [0.717, 1.165) is 25.7 Å². The zero-order valence-electron chi connectivity index (χ0n) is 15.2. The fraction of sp³-hybridized carbons (Fsp3) is 0.611. The standard InChI is InChI=1S/C18H27N3O3S.ClH/c1-18(13-19)8-11-20(14-18)17(22)15-6-5-7-16(12-15)25(23,24)21-9-3-2-4-10-21;/h5-7,12H,2-4,8-11,13-14,19H2,1H3;1H. The van der Waals surface area contributed by atoms with Crippen molar-refractivity contribution in [2.75, 3.05) is 32.7 Å². The molecule has 0 aliphatic carbocycles. The monoisotopic (exact) mass is 401 g/mol. The van der Waals surface area contributed by atoms with Crippen LogP contribution in [-0.2, 0) is 10.0 Å². The van der Waals surface area contributed by atoms with Crippen molar-refractivity contribution in [2.24, 2.45) is 11.1 Å². The normalized spacial score (nSPS) is 24.3. The highest BCUT2D eigenvalue weighted by atomic mass is 35.5. The molecule has 0 aromatic heterocycles. The average molecular weight is 402 g/mol. The maximum absolute atomic E-state index is 12.8. The van der Waals surface area contributed by atoms with Gasteiger partial charge in [-0.2, -0.15) is 4.31 Å². The number of nitrogens with zero attached hydrogens (tertiary/aromatic N) is 2. The fourth-order valence-corrected chi connectivity index (χ4v) is 5.15. The van der Waals surface area contributed by atoms with Crippen molar-refractivity contribution in [2.45, 2.75) is 37.5 Å². The minimum absolute atomic E-state index is 0. The molecule has 2 saturated heterocycles. The molecule has 0 spiro atoms. The number of halogens is 1. The van der Waals surface area contributed by atoms with Gasteiger partial charge in [0.15, 0.2) is 0 Å². The van der Waals surface area contributed by atoms with Gasteiger partial charge in [-0.05, 0) is 49.4 Å². The molecule has 1 aromatic carbocycles. The number of hydrogen-bond donors (Lipinski definition) is 1. The molecule has 2 fully saturated rings. The number of benzene rings is 1. The molecule has 8 heteroatoms. The summed E-state index contributed by atoms with van der Waals surface area (Å²) in [5, 5.41) is 0. The Morgan fingerprint density at radius 1 is 1.19 bits per heavy atom. The molecular weight excluding hydrogens is 374 g/mol. The third-order valence-corrected chi connectivity index (χ3v) is 7.27. The van der Waals surface area contributed by atoms with Crippen molar-refractivity contribution in [3.05, 3.63) is 29.8 Å². The van der Waals surface area contributed by atoms with Gasteiger partial charge < -0.3 is 10.6 Å². The predicted molar refractivity (Wildman–Crippen MR) is 104 cm³/mol. The molecule has 1 atom stereocenters. The molecule has 26 heavy (non-hydrogen) atoms. The van der Waals surface area contributed by atoms with Crippen LogP contribution >= 0.6 is 12.4 Å². The molecule has 2 aliphatic rings. The van der Waals surface area contributed by atoms with E-state index < -0.39 is 10.0 Å². The number of carbonyl (C=O) groups excluding carboxylic acids is 1. The lowest BCUT2D eigenvalue weighted by Crippen LogP contribution is -2.36. The Hall–Kier alpha value is -1.15. The minimum atomic E-state index is -3.53. The van der Waals surface area contributed by atoms with E-state index in [9.17, 15) is 13.2 Å². The molecule has 0 saturated carbocycles. The highest BCUT2D eigenvalue weighted by Gasteiger charge is 2.35. The van der Waals surface area contributed by atoms with Crippen LogP contribution in [0.2, 0.25) is 0 Å². The molecule has 146 valence electrons. The van der Waals surface area contributed by atoms with E-state index in [1.165, 1.54) is 10.4 Å². The van der Waals surface area contributed by atoms with Crippen molar-refractivity contribution in [1.29, 1.82) is 0 Å². The predicted octanol–water partition coefficient (Wildman–Crippen LogP) is 2.09. The maximum Gasteiger partial charge on any atom is 0.253 e. The smallest absolute Gasteiger partial charge is 0.253 e. The maximum atomic E-state index is 12.8. The summed E-state index contributed by atoms with van der Waals surface area (Å²) in [6.07, 6.45) is 3.73. The second-order valence-electron chi connectivity index (χ2n) is 7.48. The van der Waals surface area contributed by atoms with Crippen molar-refractivity contribution >= 4 is 28.3 Å². The van der Waals surface area contributed by atoms with Gasteiger partial charge >= 0.3 is 0 Å². The number of piperidine rings is 1. The molecule has 0 bridgehead atoms. The molecule has 6 nitrogen and oxygen atoms in total. The first-order chi connectivity index (χ1) is 11.9. The Kier molecular flexibility index (Phi) is 6.71. The number of nitrogens with two attached hydrogens (primary N) is 1. The van der Waals surface area contributed by atoms with Gasteiger partial charge in [0, 0.05) is 31.7 Å². The highest BCUT2D eigenvalue weighted by Crippen LogP contribution is 2.30. The zero-order chi connectivity index (χ0) is 18.1. The highest BCUT2D eigenvalue weighted by molar-refractivity contribution is 7.89. The van der Waals surface area contributed by atoms with Crippen LogP contribution in [0.1, 0.15) is 43.0 Å². The molecule has 1 unspecified atom stereocenters. The third kappa shape index (κ3) is 4.22. The van der Waals surface area contributed by atoms with E-state index in [0.29, 0.717) is 38.3 Å². The number of likely N-dealkylation sites (tertiary alicyclic amines) is 1. The lowest BCUT2D eigenvalue weighted by atomic mass is 9.90. The van der Waals surface area contributed by atoms with Gasteiger partial charge in [0.2, 0.25) is 10.0 Å². The number of amides is 1. The van der Waals surface area contributed by atoms with Crippen LogP contribution in [0.3, 0.4) is 0 Å². The van der Waals surface area contributed by atoms with Gasteiger partial charge in [0.1, 0.15) is 0 Å². The van der Waals surface area contributed by atoms with E-state index in [-0.39, 0.29) is 28.6 Å². The van der Waals surface area contributed by atoms with Crippen molar-refractivity contribution in [3.8, 4) is 0 Å². The summed E-state index contributed by atoms with van der Waals surface area (Å²) >= 11 is 0. The Morgan fingerprint density at radius 3 is 2.50 bits per heavy atom. The summed E-state index contributed by atoms with van der Waals surface area (Å²) in [5.74, 6) is -0.118. The van der Waals surface area contributed by atoms with Crippen molar-refractivity contribution < 1.29 is 13.2 Å². The molecule has 2 aliphatic heterocycles. The number of sulfonamides is 1. The third-order valence-electron chi connectivity index (χ3n) is 5.37. The summed E-state index contributed by atoms with van der Waals surface area (Å²) < 4.78 is 27.2. The average Bonchev–Trinajstić information content (AvgIpc) is 3.05. The molecule has 2 heterocycles. The van der Waals surface area contributed by atoms with Gasteiger partial charge in [0.25, 0.3) is 5.91 Å². The van der Waals surface area contributed by atoms with E-state index in [1.807, 2.05) is 0 Å². The summed E-state index contributed by atoms with van der Waals surface area (Å²) in [6.45, 7) is 5.02. The number of hydrogen-bond acceptors (Lipinski definition) is 4. The van der Waals surface area contributed by atoms with Crippen LogP contribution in [0.25, 0.3) is 0 Å². The van der Waals surface area contributed by atoms with Crippen LogP contribution in [-0.4, -0.2) is 56.3 Å². The zero-order valence-corrected chi connectivity index (χ0v) is 16.8. The molecular formula is C18H28ClN3O3S. The minimum Gasteiger partial charge on any atom is -0.338 e. The largest absolute Gasteiger partial charge is 0.338 e. The van der Waals surface area contributed by atoms with Crippen LogP contribution in [0, 0.1) is 5.41 Å². The van der Waals surface area contributed by atoms with E-state index >= 15 is 0 Å². The fourth-order valence-electron chi connectivity index (χ4n) is 3.59. The SMILES string of the molecule is CC1(CN)CCN(C(=O)c2cccc(S(=O)(=O)N3CCCCC3)c2)C1.Cl. The quantitative estimate of drug-likeness (QED) is 0.837. The summed E-state index contributed by atoms with van der Waals surface area (Å²) in [5.41, 5.74) is 6.19. The Balaban J connectivity index is 0.00000243. The number of rotatable bonds is 4. The van der Waals surface area contributed by atoms with E-state index in [1.54, 1.807) is 23.1 Å². The first-order valence-corrected chi connectivity index (χ1v) is 10.4. The number of carbonyl (C=O) groups is 1. The van der Waals surface area contributed by atoms with Crippen LogP contribution in [0.15, 0.2) is 29.2 Å². The van der Waals surface area contributed by atoms with Crippen LogP contribution in [0.4, 0.5) is 0 Å². The lowest BCUT2D eigenvalue weighted by Gasteiger charge is -2.26. The van der Waals surface area contributed by atoms with Gasteiger partial charge in [-0.25, -0.2) is 8.42 Å². The first kappa shape index (κ1) is 21.2. The van der Waals surface area contributed by atoms with E-state index in [4.69, 9.17) is 5.73 Å². The Morgan fingerprint density at radius 2 is 1.88 bits per heavy atom. The summed E-state index contributed by atoms with van der Waals surface area (Å²) in [4.78, 5) is 14.8. The second-order valence-corrected chi connectivity index (χ2v) is 9.42. The summed E-state index contributed by atoms with van der Waals surface area (Å²) in [7, 11) is -3.53. The second kappa shape index (κ2) is 8.25. The van der Waals surface area contributed by atoms with Crippen molar-refractivity contribution in [3.63, 3.8) is 0 Å². The molecule has 3 rings (SSSR count). The first-order valence-electron chi connectivity index (χ1n) is 8.95. The molecule has 1 amide bonds. The van der Waals surface area contributed by atoms with Gasteiger partial charge in [-0.1, -0.05) is 19.4 Å². The summed E-state index contributed by atoms with van der Waals surface area (Å²) in [6, 6.07) is 6.44. The van der Waals surface area contributed by atoms with Crippen molar-refractivity contribution in [1.82, 2.24) is 9.21 Å². The topological polar surface area (TPSA) is 83.7 Å². The Labute approximate surface area is 162 Å².